The van der Waals surface area contributed by atoms with Gasteiger partial charge in [-0.15, -0.1) is 0 Å². The van der Waals surface area contributed by atoms with E-state index >= 15 is 0 Å². The van der Waals surface area contributed by atoms with Crippen LogP contribution in [0.25, 0.3) is 5.76 Å². The largest absolute Gasteiger partial charge is 0.507 e. The molecule has 31 heavy (non-hydrogen) atoms. The van der Waals surface area contributed by atoms with Crippen LogP contribution in [0.4, 0.5) is 4.39 Å². The number of rotatable bonds is 5. The molecule has 0 aromatic heterocycles. The molecule has 3 aromatic carbocycles. The Bertz CT molecular complexity index is 1160. The molecule has 6 heteroatoms. The molecule has 1 atom stereocenters. The first-order chi connectivity index (χ1) is 15.0. The van der Waals surface area contributed by atoms with Gasteiger partial charge in [0.05, 0.1) is 18.7 Å². The van der Waals surface area contributed by atoms with Crippen LogP contribution in [-0.2, 0) is 16.1 Å². The Morgan fingerprint density at radius 3 is 2.39 bits per heavy atom. The zero-order chi connectivity index (χ0) is 22.0. The molecule has 4 rings (SSSR count). The number of carbonyl (C=O) groups is 2. The number of benzene rings is 3. The van der Waals surface area contributed by atoms with E-state index in [4.69, 9.17) is 4.74 Å². The van der Waals surface area contributed by atoms with E-state index in [1.165, 1.54) is 29.2 Å². The summed E-state index contributed by atoms with van der Waals surface area (Å²) in [6, 6.07) is 20.6. The SMILES string of the molecule is COc1cccc(CN2C(=O)C(=O)/C(=C(\O)c3ccc(F)cc3)C2c2ccccc2)c1. The van der Waals surface area contributed by atoms with Gasteiger partial charge >= 0.3 is 0 Å². The molecule has 1 aliphatic heterocycles. The fraction of sp³-hybridized carbons (Fsp3) is 0.120. The molecule has 0 spiro atoms. The Labute approximate surface area is 179 Å². The summed E-state index contributed by atoms with van der Waals surface area (Å²) in [5.74, 6) is -1.65. The Morgan fingerprint density at radius 1 is 1.00 bits per heavy atom. The average Bonchev–Trinajstić information content (AvgIpc) is 3.04. The maximum absolute atomic E-state index is 13.3. The van der Waals surface area contributed by atoms with Gasteiger partial charge in [0.1, 0.15) is 17.3 Å². The number of likely N-dealkylation sites (tertiary alicyclic amines) is 1. The van der Waals surface area contributed by atoms with Gasteiger partial charge < -0.3 is 14.7 Å². The monoisotopic (exact) mass is 417 g/mol. The maximum atomic E-state index is 13.3. The molecule has 0 bridgehead atoms. The highest BCUT2D eigenvalue weighted by molar-refractivity contribution is 6.46. The number of Topliss-reactive ketones (excluding diaryl/α,β-unsaturated/α-hetero) is 1. The molecular weight excluding hydrogens is 397 g/mol. The van der Waals surface area contributed by atoms with Crippen molar-refractivity contribution in [2.45, 2.75) is 12.6 Å². The molecule has 0 saturated carbocycles. The van der Waals surface area contributed by atoms with Crippen LogP contribution in [0.2, 0.25) is 0 Å². The third-order valence-electron chi connectivity index (χ3n) is 5.26. The number of amides is 1. The van der Waals surface area contributed by atoms with E-state index in [0.29, 0.717) is 11.3 Å². The molecule has 5 nitrogen and oxygen atoms in total. The highest BCUT2D eigenvalue weighted by Gasteiger charge is 2.46. The van der Waals surface area contributed by atoms with E-state index in [1.807, 2.05) is 12.1 Å². The lowest BCUT2D eigenvalue weighted by atomic mass is 9.95. The Balaban J connectivity index is 1.83. The highest BCUT2D eigenvalue weighted by Crippen LogP contribution is 2.40. The summed E-state index contributed by atoms with van der Waals surface area (Å²) in [6.07, 6.45) is 0. The summed E-state index contributed by atoms with van der Waals surface area (Å²) in [5.41, 5.74) is 1.71. The molecule has 3 aromatic rings. The van der Waals surface area contributed by atoms with Crippen LogP contribution >= 0.6 is 0 Å². The second-order valence-electron chi connectivity index (χ2n) is 7.20. The first-order valence-corrected chi connectivity index (χ1v) is 9.72. The number of hydrogen-bond donors (Lipinski definition) is 1. The lowest BCUT2D eigenvalue weighted by molar-refractivity contribution is -0.140. The second-order valence-corrected chi connectivity index (χ2v) is 7.20. The lowest BCUT2D eigenvalue weighted by Gasteiger charge is -2.25. The summed E-state index contributed by atoms with van der Waals surface area (Å²) in [5, 5.41) is 10.9. The summed E-state index contributed by atoms with van der Waals surface area (Å²) >= 11 is 0. The normalized spacial score (nSPS) is 17.7. The van der Waals surface area contributed by atoms with E-state index in [1.54, 1.807) is 49.6 Å². The molecule has 1 aliphatic rings. The number of nitrogens with zero attached hydrogens (tertiary/aromatic N) is 1. The molecule has 0 radical (unpaired) electrons. The van der Waals surface area contributed by atoms with Crippen molar-refractivity contribution >= 4 is 17.4 Å². The van der Waals surface area contributed by atoms with Crippen LogP contribution in [0.3, 0.4) is 0 Å². The molecule has 1 N–H and O–H groups in total. The number of methoxy groups -OCH3 is 1. The third-order valence-corrected chi connectivity index (χ3v) is 5.26. The van der Waals surface area contributed by atoms with Crippen LogP contribution in [0.5, 0.6) is 5.75 Å². The van der Waals surface area contributed by atoms with E-state index in [9.17, 15) is 19.1 Å². The number of carbonyl (C=O) groups excluding carboxylic acids is 2. The number of hydrogen-bond acceptors (Lipinski definition) is 4. The average molecular weight is 417 g/mol. The van der Waals surface area contributed by atoms with Crippen LogP contribution in [-0.4, -0.2) is 28.8 Å². The number of aliphatic hydroxyl groups excluding tert-OH is 1. The van der Waals surface area contributed by atoms with Crippen LogP contribution in [0, 0.1) is 5.82 Å². The fourth-order valence-electron chi connectivity index (χ4n) is 3.76. The van der Waals surface area contributed by atoms with E-state index < -0.39 is 23.5 Å². The quantitative estimate of drug-likeness (QED) is 0.378. The van der Waals surface area contributed by atoms with Crippen molar-refractivity contribution in [2.24, 2.45) is 0 Å². The van der Waals surface area contributed by atoms with Crippen molar-refractivity contribution < 1.29 is 23.8 Å². The van der Waals surface area contributed by atoms with Gasteiger partial charge in [-0.1, -0.05) is 42.5 Å². The highest BCUT2D eigenvalue weighted by atomic mass is 19.1. The van der Waals surface area contributed by atoms with Crippen LogP contribution in [0.15, 0.2) is 84.4 Å². The molecule has 1 amide bonds. The maximum Gasteiger partial charge on any atom is 0.295 e. The van der Waals surface area contributed by atoms with E-state index in [0.717, 1.165) is 5.56 Å². The van der Waals surface area contributed by atoms with Crippen LogP contribution < -0.4 is 4.74 Å². The molecular formula is C25H20FNO4. The molecule has 1 heterocycles. The van der Waals surface area contributed by atoms with Gasteiger partial charge in [0.2, 0.25) is 0 Å². The summed E-state index contributed by atoms with van der Waals surface area (Å²) < 4.78 is 18.6. The summed E-state index contributed by atoms with van der Waals surface area (Å²) in [6.45, 7) is 0.154. The number of halogens is 1. The zero-order valence-corrected chi connectivity index (χ0v) is 16.8. The topological polar surface area (TPSA) is 66.8 Å². The van der Waals surface area contributed by atoms with Gasteiger partial charge in [0, 0.05) is 12.1 Å². The van der Waals surface area contributed by atoms with E-state index in [-0.39, 0.29) is 23.4 Å². The molecule has 156 valence electrons. The van der Waals surface area contributed by atoms with E-state index in [2.05, 4.69) is 0 Å². The summed E-state index contributed by atoms with van der Waals surface area (Å²) in [4.78, 5) is 27.4. The van der Waals surface area contributed by atoms with Gasteiger partial charge in [0.15, 0.2) is 0 Å². The zero-order valence-electron chi connectivity index (χ0n) is 16.8. The van der Waals surface area contributed by atoms with Crippen molar-refractivity contribution in [3.8, 4) is 5.75 Å². The second kappa shape index (κ2) is 8.44. The molecule has 1 fully saturated rings. The van der Waals surface area contributed by atoms with Gasteiger partial charge in [-0.05, 0) is 47.5 Å². The summed E-state index contributed by atoms with van der Waals surface area (Å²) in [7, 11) is 1.55. The van der Waals surface area contributed by atoms with Gasteiger partial charge in [-0.3, -0.25) is 9.59 Å². The third kappa shape index (κ3) is 3.92. The lowest BCUT2D eigenvalue weighted by Crippen LogP contribution is -2.29. The molecule has 1 unspecified atom stereocenters. The smallest absolute Gasteiger partial charge is 0.295 e. The Hall–Kier alpha value is -3.93. The van der Waals surface area contributed by atoms with Crippen molar-refractivity contribution in [1.29, 1.82) is 0 Å². The molecule has 0 aliphatic carbocycles. The predicted octanol–water partition coefficient (Wildman–Crippen LogP) is 4.46. The van der Waals surface area contributed by atoms with Crippen molar-refractivity contribution in [3.05, 3.63) is 107 Å². The molecule has 1 saturated heterocycles. The van der Waals surface area contributed by atoms with Crippen molar-refractivity contribution in [2.75, 3.05) is 7.11 Å². The van der Waals surface area contributed by atoms with Gasteiger partial charge in [-0.2, -0.15) is 0 Å². The Morgan fingerprint density at radius 2 is 1.71 bits per heavy atom. The van der Waals surface area contributed by atoms with Gasteiger partial charge in [0.25, 0.3) is 11.7 Å². The van der Waals surface area contributed by atoms with Crippen molar-refractivity contribution in [1.82, 2.24) is 4.90 Å². The fourth-order valence-corrected chi connectivity index (χ4v) is 3.76. The van der Waals surface area contributed by atoms with Crippen molar-refractivity contribution in [3.63, 3.8) is 0 Å². The predicted molar refractivity (Wildman–Crippen MR) is 114 cm³/mol. The van der Waals surface area contributed by atoms with Gasteiger partial charge in [-0.25, -0.2) is 4.39 Å². The Kier molecular flexibility index (Phi) is 5.54. The standard InChI is InChI=1S/C25H20FNO4/c1-31-20-9-5-6-16(14-20)15-27-22(17-7-3-2-4-8-17)21(24(29)25(27)30)23(28)18-10-12-19(26)13-11-18/h2-14,22,28H,15H2,1H3/b23-21-. The first kappa shape index (κ1) is 20.3. The minimum absolute atomic E-state index is 0.0225. The number of ether oxygens (including phenoxy) is 1. The number of ketones is 1. The first-order valence-electron chi connectivity index (χ1n) is 9.72. The van der Waals surface area contributed by atoms with Crippen LogP contribution in [0.1, 0.15) is 22.7 Å². The minimum atomic E-state index is -0.780. The minimum Gasteiger partial charge on any atom is -0.507 e. The number of aliphatic hydroxyl groups is 1.